The Hall–Kier alpha value is -2.70. The summed E-state index contributed by atoms with van der Waals surface area (Å²) in [5.74, 6) is 0.373. The maximum absolute atomic E-state index is 12.4. The minimum absolute atomic E-state index is 0.142. The van der Waals surface area contributed by atoms with Gasteiger partial charge in [0.05, 0.1) is 32.6 Å². The van der Waals surface area contributed by atoms with E-state index in [1.54, 1.807) is 26.0 Å². The first-order valence-corrected chi connectivity index (χ1v) is 7.90. The van der Waals surface area contributed by atoms with Crippen molar-refractivity contribution in [3.05, 3.63) is 29.0 Å². The molecule has 2 heterocycles. The second kappa shape index (κ2) is 5.98. The molecule has 25 heavy (non-hydrogen) atoms. The van der Waals surface area contributed by atoms with Crippen LogP contribution >= 0.6 is 0 Å². The molecule has 1 atom stereocenters. The van der Waals surface area contributed by atoms with E-state index in [0.29, 0.717) is 28.5 Å². The fourth-order valence-corrected chi connectivity index (χ4v) is 3.36. The number of carbonyl (C=O) groups is 2. The Balaban J connectivity index is 2.17. The highest BCUT2D eigenvalue weighted by Crippen LogP contribution is 2.46. The van der Waals surface area contributed by atoms with Crippen LogP contribution in [0.3, 0.4) is 0 Å². The first-order chi connectivity index (χ1) is 11.8. The number of ether oxygens (including phenoxy) is 4. The van der Waals surface area contributed by atoms with Gasteiger partial charge >= 0.3 is 5.97 Å². The fourth-order valence-electron chi connectivity index (χ4n) is 3.36. The number of methoxy groups -OCH3 is 3. The lowest BCUT2D eigenvalue weighted by atomic mass is 9.82. The van der Waals surface area contributed by atoms with E-state index in [4.69, 9.17) is 18.9 Å². The average molecular weight is 347 g/mol. The van der Waals surface area contributed by atoms with Crippen molar-refractivity contribution in [1.29, 1.82) is 0 Å². The molecule has 0 spiro atoms. The maximum Gasteiger partial charge on any atom is 0.337 e. The third kappa shape index (κ3) is 2.69. The van der Waals surface area contributed by atoms with Crippen LogP contribution < -0.4 is 19.5 Å². The summed E-state index contributed by atoms with van der Waals surface area (Å²) >= 11 is 0. The summed E-state index contributed by atoms with van der Waals surface area (Å²) in [6.45, 7) is 3.51. The normalized spacial score (nSPS) is 21.4. The zero-order valence-electron chi connectivity index (χ0n) is 14.9. The van der Waals surface area contributed by atoms with Crippen LogP contribution in [0.15, 0.2) is 23.4 Å². The molecule has 1 aromatic rings. The number of hydrogen-bond donors (Lipinski definition) is 1. The Morgan fingerprint density at radius 3 is 2.20 bits per heavy atom. The Morgan fingerprint density at radius 2 is 1.68 bits per heavy atom. The topological polar surface area (TPSA) is 83.1 Å². The van der Waals surface area contributed by atoms with Gasteiger partial charge in [0.1, 0.15) is 5.60 Å². The van der Waals surface area contributed by atoms with Crippen LogP contribution in [0.25, 0.3) is 0 Å². The molecular formula is C18H21NO6. The number of benzene rings is 1. The van der Waals surface area contributed by atoms with Gasteiger partial charge in [0.2, 0.25) is 11.7 Å². The Bertz CT molecular complexity index is 755. The van der Waals surface area contributed by atoms with E-state index in [1.165, 1.54) is 21.3 Å². The summed E-state index contributed by atoms with van der Waals surface area (Å²) in [6, 6.07) is 3.52. The van der Waals surface area contributed by atoms with Crippen molar-refractivity contribution in [1.82, 2.24) is 5.32 Å². The molecule has 2 aliphatic heterocycles. The molecule has 0 aliphatic carbocycles. The number of rotatable bonds is 4. The van der Waals surface area contributed by atoms with Gasteiger partial charge in [0.25, 0.3) is 0 Å². The van der Waals surface area contributed by atoms with Gasteiger partial charge < -0.3 is 24.3 Å². The van der Waals surface area contributed by atoms with Crippen LogP contribution in [0, 0.1) is 0 Å². The molecule has 134 valence electrons. The lowest BCUT2D eigenvalue weighted by molar-refractivity contribution is -0.144. The molecule has 0 fully saturated rings. The van der Waals surface area contributed by atoms with Gasteiger partial charge in [-0.3, -0.25) is 4.79 Å². The zero-order valence-corrected chi connectivity index (χ0v) is 14.9. The minimum Gasteiger partial charge on any atom is -0.493 e. The van der Waals surface area contributed by atoms with Crippen LogP contribution in [-0.2, 0) is 14.3 Å². The van der Waals surface area contributed by atoms with Gasteiger partial charge in [-0.25, -0.2) is 4.79 Å². The third-order valence-corrected chi connectivity index (χ3v) is 4.53. The van der Waals surface area contributed by atoms with Gasteiger partial charge in [0, 0.05) is 12.3 Å². The van der Waals surface area contributed by atoms with E-state index in [1.807, 2.05) is 0 Å². The summed E-state index contributed by atoms with van der Waals surface area (Å²) in [4.78, 5) is 24.6. The Kier molecular flexibility index (Phi) is 4.10. The molecule has 7 heteroatoms. The predicted octanol–water partition coefficient (Wildman–Crippen LogP) is 1.91. The van der Waals surface area contributed by atoms with E-state index in [2.05, 4.69) is 5.32 Å². The monoisotopic (exact) mass is 347 g/mol. The highest BCUT2D eigenvalue weighted by atomic mass is 16.6. The van der Waals surface area contributed by atoms with Crippen molar-refractivity contribution in [2.75, 3.05) is 21.3 Å². The molecule has 0 radical (unpaired) electrons. The molecule has 7 nitrogen and oxygen atoms in total. The predicted molar refractivity (Wildman–Crippen MR) is 88.8 cm³/mol. The molecule has 0 unspecified atom stereocenters. The van der Waals surface area contributed by atoms with Gasteiger partial charge in [0.15, 0.2) is 11.5 Å². The lowest BCUT2D eigenvalue weighted by Gasteiger charge is -2.27. The average Bonchev–Trinajstić information content (AvgIpc) is 2.81. The highest BCUT2D eigenvalue weighted by Gasteiger charge is 2.47. The number of esters is 1. The van der Waals surface area contributed by atoms with Crippen molar-refractivity contribution < 1.29 is 28.5 Å². The molecule has 0 bridgehead atoms. The number of hydrogen-bond acceptors (Lipinski definition) is 6. The van der Waals surface area contributed by atoms with Gasteiger partial charge in [-0.2, -0.15) is 0 Å². The molecule has 0 saturated heterocycles. The zero-order chi connectivity index (χ0) is 18.4. The standard InChI is InChI=1S/C18H21NO6/c1-18(2)16-14(17(21)25-18)10(8-13(20)19-16)9-6-11(22-3)15(24-5)12(7-9)23-4/h6-7,10H,8H2,1-5H3,(H,19,20)/t10-/m1/s1. The fraction of sp³-hybridized carbons (Fsp3) is 0.444. The van der Waals surface area contributed by atoms with Crippen LogP contribution in [0.1, 0.15) is 31.7 Å². The van der Waals surface area contributed by atoms with Crippen LogP contribution in [0.5, 0.6) is 17.2 Å². The summed E-state index contributed by atoms with van der Waals surface area (Å²) < 4.78 is 21.5. The van der Waals surface area contributed by atoms with E-state index in [0.717, 1.165) is 5.56 Å². The molecule has 0 aromatic heterocycles. The molecule has 1 aromatic carbocycles. The van der Waals surface area contributed by atoms with E-state index < -0.39 is 17.5 Å². The Labute approximate surface area is 145 Å². The van der Waals surface area contributed by atoms with Gasteiger partial charge in [-0.05, 0) is 31.5 Å². The first kappa shape index (κ1) is 17.1. The lowest BCUT2D eigenvalue weighted by Crippen LogP contribution is -2.38. The number of carbonyl (C=O) groups excluding carboxylic acids is 2. The Morgan fingerprint density at radius 1 is 1.08 bits per heavy atom. The summed E-state index contributed by atoms with van der Waals surface area (Å²) in [6.07, 6.45) is 0.142. The van der Waals surface area contributed by atoms with Crippen LogP contribution in [0.4, 0.5) is 0 Å². The van der Waals surface area contributed by atoms with Gasteiger partial charge in [-0.15, -0.1) is 0 Å². The molecule has 1 amide bonds. The molecule has 2 aliphatic rings. The van der Waals surface area contributed by atoms with E-state index >= 15 is 0 Å². The maximum atomic E-state index is 12.4. The number of nitrogens with one attached hydrogen (secondary N) is 1. The molecule has 3 rings (SSSR count). The smallest absolute Gasteiger partial charge is 0.337 e. The van der Waals surface area contributed by atoms with Crippen molar-refractivity contribution in [3.8, 4) is 17.2 Å². The first-order valence-electron chi connectivity index (χ1n) is 7.90. The minimum atomic E-state index is -0.860. The summed E-state index contributed by atoms with van der Waals surface area (Å²) in [5.41, 5.74) is 0.861. The summed E-state index contributed by atoms with van der Waals surface area (Å²) in [7, 11) is 4.56. The second-order valence-electron chi connectivity index (χ2n) is 6.45. The van der Waals surface area contributed by atoms with Crippen molar-refractivity contribution in [2.24, 2.45) is 0 Å². The molecule has 0 saturated carbocycles. The van der Waals surface area contributed by atoms with Crippen LogP contribution in [0.2, 0.25) is 0 Å². The van der Waals surface area contributed by atoms with E-state index in [9.17, 15) is 9.59 Å². The van der Waals surface area contributed by atoms with Crippen molar-refractivity contribution in [2.45, 2.75) is 31.8 Å². The molecular weight excluding hydrogens is 326 g/mol. The second-order valence-corrected chi connectivity index (χ2v) is 6.45. The van der Waals surface area contributed by atoms with Crippen molar-refractivity contribution >= 4 is 11.9 Å². The number of cyclic esters (lactones) is 1. The highest BCUT2D eigenvalue weighted by molar-refractivity contribution is 5.99. The quantitative estimate of drug-likeness (QED) is 0.838. The van der Waals surface area contributed by atoms with Crippen LogP contribution in [-0.4, -0.2) is 38.8 Å². The SMILES string of the molecule is COc1cc([C@H]2CC(=O)NC3=C2C(=O)OC3(C)C)cc(OC)c1OC. The summed E-state index contributed by atoms with van der Waals surface area (Å²) in [5, 5.41) is 2.79. The van der Waals surface area contributed by atoms with E-state index in [-0.39, 0.29) is 12.3 Å². The number of amides is 1. The largest absolute Gasteiger partial charge is 0.493 e. The van der Waals surface area contributed by atoms with Crippen molar-refractivity contribution in [3.63, 3.8) is 0 Å². The third-order valence-electron chi connectivity index (χ3n) is 4.53. The molecule has 1 N–H and O–H groups in total. The van der Waals surface area contributed by atoms with Gasteiger partial charge in [-0.1, -0.05) is 0 Å².